The summed E-state index contributed by atoms with van der Waals surface area (Å²) in [4.78, 5) is 117. The van der Waals surface area contributed by atoms with Crippen molar-refractivity contribution in [3.63, 3.8) is 0 Å². The molecule has 15 atom stereocenters. The van der Waals surface area contributed by atoms with Gasteiger partial charge in [-0.15, -0.1) is 0 Å². The van der Waals surface area contributed by atoms with E-state index in [1.165, 1.54) is 14.7 Å². The van der Waals surface area contributed by atoms with Crippen molar-refractivity contribution in [1.82, 2.24) is 14.7 Å². The number of carbonyl (C=O) groups excluding carboxylic acids is 9. The van der Waals surface area contributed by atoms with Gasteiger partial charge in [0.05, 0.1) is 55.3 Å². The van der Waals surface area contributed by atoms with Gasteiger partial charge in [-0.05, 0) is 133 Å². The number of nitrogens with zero attached hydrogens (tertiary/aromatic N) is 3. The van der Waals surface area contributed by atoms with E-state index >= 15 is 0 Å². The quantitative estimate of drug-likeness (QED) is 0.0122. The van der Waals surface area contributed by atoms with E-state index in [1.807, 2.05) is 0 Å². The first-order chi connectivity index (χ1) is 37.2. The Morgan fingerprint density at radius 3 is 0.885 bits per heavy atom. The number of allylic oxidation sites excluding steroid dienone is 6. The van der Waals surface area contributed by atoms with Crippen molar-refractivity contribution in [2.75, 3.05) is 39.5 Å². The van der Waals surface area contributed by atoms with Crippen LogP contribution in [0.25, 0.3) is 0 Å². The number of imide groups is 3. The predicted octanol–water partition coefficient (Wildman–Crippen LogP) is 7.37. The van der Waals surface area contributed by atoms with Crippen LogP contribution in [0.1, 0.15) is 150 Å². The van der Waals surface area contributed by atoms with Crippen LogP contribution >= 0.6 is 0 Å². The average Bonchev–Trinajstić information content (AvgIpc) is 4.46. The molecule has 0 aromatic heterocycles. The molecule has 9 aliphatic rings. The van der Waals surface area contributed by atoms with Gasteiger partial charge in [0.1, 0.15) is 0 Å². The number of esters is 3. The fourth-order valence-corrected chi connectivity index (χ4v) is 13.6. The monoisotopic (exact) mass is 1180 g/mol. The van der Waals surface area contributed by atoms with Crippen molar-refractivity contribution in [3.05, 3.63) is 36.5 Å². The Morgan fingerprint density at radius 1 is 0.397 bits per heavy atom. The number of carbonyl (C=O) groups is 9. The fraction of sp³-hybridized carbons (Fsp3) is 0.746. The molecule has 6 aliphatic carbocycles. The van der Waals surface area contributed by atoms with E-state index in [-0.39, 0.29) is 157 Å². The Labute approximate surface area is 472 Å². The van der Waals surface area contributed by atoms with Crippen LogP contribution in [-0.4, -0.2) is 126 Å². The van der Waals surface area contributed by atoms with Crippen LogP contribution in [0, 0.1) is 71.0 Å². The van der Waals surface area contributed by atoms with Crippen LogP contribution in [-0.2, 0) is 91.0 Å². The zero-order valence-corrected chi connectivity index (χ0v) is 47.9. The number of amides is 6. The maximum atomic E-state index is 12.8. The van der Waals surface area contributed by atoms with Crippen LogP contribution in [0.4, 0.5) is 0 Å². The van der Waals surface area contributed by atoms with Crippen molar-refractivity contribution in [3.8, 4) is 0 Å². The number of hydrogen-bond donors (Lipinski definition) is 0. The third-order valence-corrected chi connectivity index (χ3v) is 17.5. The van der Waals surface area contributed by atoms with Gasteiger partial charge in [0.25, 0.3) is 0 Å². The molecule has 0 N–H and O–H groups in total. The number of ether oxygens (including phenoxy) is 6. The summed E-state index contributed by atoms with van der Waals surface area (Å²) in [5.74, 6) is -0.481. The molecule has 6 fully saturated rings. The zero-order chi connectivity index (χ0) is 54.8. The molecule has 9 rings (SSSR count). The second kappa shape index (κ2) is 28.8. The van der Waals surface area contributed by atoms with E-state index < -0.39 is 18.9 Å². The van der Waals surface area contributed by atoms with Gasteiger partial charge in [-0.3, -0.25) is 57.9 Å². The Kier molecular flexibility index (Phi) is 22.6. The number of unbranched alkanes of at least 4 members (excludes halogenated alkanes) is 8. The first-order valence-electron chi connectivity index (χ1n) is 29.2. The van der Waals surface area contributed by atoms with Crippen molar-refractivity contribution in [2.24, 2.45) is 71.0 Å². The Hall–Kier alpha value is -4.45. The zero-order valence-electron chi connectivity index (χ0n) is 46.1. The first-order valence-corrected chi connectivity index (χ1v) is 29.2. The minimum absolute atomic E-state index is 0. The van der Waals surface area contributed by atoms with Gasteiger partial charge in [0, 0.05) is 58.4 Å². The Bertz CT molecular complexity index is 2080. The molecule has 78 heavy (non-hydrogen) atoms. The molecular formula is C59H83N3O15Ru. The van der Waals surface area contributed by atoms with E-state index in [0.29, 0.717) is 90.8 Å². The summed E-state index contributed by atoms with van der Waals surface area (Å²) >= 11 is 0. The summed E-state index contributed by atoms with van der Waals surface area (Å²) in [5.41, 5.74) is 0. The van der Waals surface area contributed by atoms with Crippen molar-refractivity contribution in [1.29, 1.82) is 0 Å². The van der Waals surface area contributed by atoms with Gasteiger partial charge in [0.2, 0.25) is 35.4 Å². The molecule has 6 amide bonds. The smallest absolute Gasteiger partial charge is 0.308 e. The molecule has 3 saturated heterocycles. The standard InChI is InChI=1S/C38H52N2O10.C21H31NO5.Ru/c1-23(49-29(41)11-5-3-7-17-39-35(43)31-25-13-14-26(21-25)32(31)36(39)44)47-19-9-10-20-48-24(2)50-30(42)12-6-4-8-18-40-37(45)33-27-15-16-28(22-27)34(33)38(40)46;1-3-4-12-26-14(2)27-17(23)8-6-5-7-11-22-20(24)18-15-9-10-16(13-15)19(18)21(22)25;/h13-16,23-28,31-34H,3-12,17-22H2,1-2H3;9-10,14-16,18-19H,3-8,11-13H2,1-2H3;. The van der Waals surface area contributed by atoms with E-state index in [4.69, 9.17) is 28.4 Å². The van der Waals surface area contributed by atoms with Gasteiger partial charge >= 0.3 is 17.9 Å². The van der Waals surface area contributed by atoms with Gasteiger partial charge in [0.15, 0.2) is 18.9 Å². The molecular weight excluding hydrogens is 1090 g/mol. The molecule has 18 nitrogen and oxygen atoms in total. The van der Waals surface area contributed by atoms with Gasteiger partial charge in [-0.2, -0.15) is 0 Å². The SMILES string of the molecule is CC(OCCCCOC(C)OC(=O)CCCCCN1C(=O)C2C3C=CC(C3)C2C1=O)OC(=O)CCCCCN1C(=O)C2C3C=CC(C3)C2C1=O.CCCCOC(C)OC(=O)CCCCCN1C(=O)C2C3C=CC(C3)C2C1=O.[Ru]. The molecule has 3 saturated carbocycles. The van der Waals surface area contributed by atoms with Crippen molar-refractivity contribution in [2.45, 2.75) is 169 Å². The summed E-state index contributed by atoms with van der Waals surface area (Å²) in [6.45, 7) is 9.84. The average molecular weight is 1180 g/mol. The fourth-order valence-electron chi connectivity index (χ4n) is 13.6. The minimum atomic E-state index is -0.671. The molecule has 0 aromatic carbocycles. The second-order valence-corrected chi connectivity index (χ2v) is 22.8. The van der Waals surface area contributed by atoms with Gasteiger partial charge in [-0.1, -0.05) is 69.1 Å². The van der Waals surface area contributed by atoms with E-state index in [1.54, 1.807) is 20.8 Å². The van der Waals surface area contributed by atoms with Crippen LogP contribution in [0.5, 0.6) is 0 Å². The molecule has 3 heterocycles. The first kappa shape index (κ1) is 61.2. The maximum Gasteiger partial charge on any atom is 0.308 e. The maximum absolute atomic E-state index is 12.8. The normalized spacial score (nSPS) is 30.2. The largest absolute Gasteiger partial charge is 0.436 e. The second-order valence-electron chi connectivity index (χ2n) is 22.8. The van der Waals surface area contributed by atoms with Crippen LogP contribution in [0.2, 0.25) is 0 Å². The third-order valence-electron chi connectivity index (χ3n) is 17.5. The minimum Gasteiger partial charge on any atom is -0.436 e. The van der Waals surface area contributed by atoms with E-state index in [0.717, 1.165) is 57.8 Å². The Morgan fingerprint density at radius 2 is 0.641 bits per heavy atom. The van der Waals surface area contributed by atoms with Crippen molar-refractivity contribution < 1.29 is 91.0 Å². The van der Waals surface area contributed by atoms with Crippen LogP contribution < -0.4 is 0 Å². The predicted molar refractivity (Wildman–Crippen MR) is 277 cm³/mol. The summed E-state index contributed by atoms with van der Waals surface area (Å²) < 4.78 is 32.4. The van der Waals surface area contributed by atoms with E-state index in [2.05, 4.69) is 43.4 Å². The van der Waals surface area contributed by atoms with E-state index in [9.17, 15) is 43.2 Å². The molecule has 3 aliphatic heterocycles. The molecule has 6 bridgehead atoms. The number of rotatable bonds is 32. The summed E-state index contributed by atoms with van der Waals surface area (Å²) in [6.07, 6.45) is 24.0. The van der Waals surface area contributed by atoms with Gasteiger partial charge in [-0.25, -0.2) is 0 Å². The van der Waals surface area contributed by atoms with Crippen LogP contribution in [0.3, 0.4) is 0 Å². The molecule has 432 valence electrons. The number of hydrogen-bond acceptors (Lipinski definition) is 15. The van der Waals surface area contributed by atoms with Crippen LogP contribution in [0.15, 0.2) is 36.5 Å². The van der Waals surface area contributed by atoms with Crippen molar-refractivity contribution >= 4 is 53.4 Å². The number of likely N-dealkylation sites (tertiary alicyclic amines) is 3. The van der Waals surface area contributed by atoms with Gasteiger partial charge < -0.3 is 28.4 Å². The molecule has 19 heteroatoms. The summed E-state index contributed by atoms with van der Waals surface area (Å²) in [6, 6.07) is 0. The molecule has 0 spiro atoms. The third kappa shape index (κ3) is 14.5. The topological polar surface area (TPSA) is 219 Å². The molecule has 0 aromatic rings. The molecule has 15 unspecified atom stereocenters. The Balaban J connectivity index is 0.000000266. The summed E-state index contributed by atoms with van der Waals surface area (Å²) in [5, 5.41) is 0. The summed E-state index contributed by atoms with van der Waals surface area (Å²) in [7, 11) is 0. The number of fused-ring (bicyclic) bond motifs is 15. The molecule has 0 radical (unpaired) electrons.